The van der Waals surface area contributed by atoms with Gasteiger partial charge in [-0.15, -0.1) is 11.8 Å². The van der Waals surface area contributed by atoms with Gasteiger partial charge in [0, 0.05) is 43.3 Å². The van der Waals surface area contributed by atoms with Crippen LogP contribution in [-0.4, -0.2) is 81.3 Å². The van der Waals surface area contributed by atoms with Gasteiger partial charge in [-0.2, -0.15) is 0 Å². The van der Waals surface area contributed by atoms with Gasteiger partial charge in [-0.05, 0) is 38.5 Å². The lowest BCUT2D eigenvalue weighted by atomic mass is 10.1. The summed E-state index contributed by atoms with van der Waals surface area (Å²) in [6.07, 6.45) is 1.71. The van der Waals surface area contributed by atoms with Crippen LogP contribution in [0.4, 0.5) is 10.2 Å². The number of piperazine rings is 1. The first-order valence-electron chi connectivity index (χ1n) is 12.1. The van der Waals surface area contributed by atoms with Crippen molar-refractivity contribution in [2.75, 3.05) is 37.8 Å². The van der Waals surface area contributed by atoms with Crippen LogP contribution in [0.1, 0.15) is 29.9 Å². The fraction of sp³-hybridized carbons (Fsp3) is 0.400. The summed E-state index contributed by atoms with van der Waals surface area (Å²) < 4.78 is 19.9. The number of methoxy groups -OCH3 is 1. The van der Waals surface area contributed by atoms with Crippen molar-refractivity contribution in [1.29, 1.82) is 0 Å². The molecule has 10 nitrogen and oxygen atoms in total. The van der Waals surface area contributed by atoms with E-state index in [0.29, 0.717) is 60.1 Å². The highest BCUT2D eigenvalue weighted by molar-refractivity contribution is 8.00. The lowest BCUT2D eigenvalue weighted by molar-refractivity contribution is -0.113. The zero-order valence-electron chi connectivity index (χ0n) is 20.8. The molecular formula is C25H28FN7O3S. The molecule has 0 bridgehead atoms. The molecule has 2 aliphatic rings. The van der Waals surface area contributed by atoms with Crippen molar-refractivity contribution in [3.63, 3.8) is 0 Å². The largest absolute Gasteiger partial charge is 0.481 e. The van der Waals surface area contributed by atoms with Crippen molar-refractivity contribution >= 4 is 40.4 Å². The van der Waals surface area contributed by atoms with Crippen LogP contribution in [-0.2, 0) is 11.2 Å². The van der Waals surface area contributed by atoms with E-state index in [9.17, 15) is 14.0 Å². The van der Waals surface area contributed by atoms with Gasteiger partial charge >= 0.3 is 0 Å². The number of hydrogen-bond donors (Lipinski definition) is 2. The van der Waals surface area contributed by atoms with Crippen LogP contribution in [0.2, 0.25) is 0 Å². The number of halogens is 1. The first-order chi connectivity index (χ1) is 17.8. The van der Waals surface area contributed by atoms with E-state index in [-0.39, 0.29) is 35.4 Å². The number of nitrogens with one attached hydrogen (secondary N) is 2. The van der Waals surface area contributed by atoms with Gasteiger partial charge in [0.1, 0.15) is 17.3 Å². The fourth-order valence-electron chi connectivity index (χ4n) is 4.63. The lowest BCUT2D eigenvalue weighted by Crippen LogP contribution is -2.61. The van der Waals surface area contributed by atoms with E-state index in [1.165, 1.54) is 25.1 Å². The smallest absolute Gasteiger partial charge is 0.284 e. The SMILES string of the molecule is COc1ccc2ncc(F)c(CCN3C[C@@H](C)N(NC(=O)c4ccc5c(n4)NC(=O)CS5)C[C@@H]3C)c2n1. The minimum atomic E-state index is -0.382. The van der Waals surface area contributed by atoms with Crippen LogP contribution in [0, 0.1) is 5.82 Å². The summed E-state index contributed by atoms with van der Waals surface area (Å²) in [6.45, 7) is 6.03. The van der Waals surface area contributed by atoms with Crippen LogP contribution >= 0.6 is 11.8 Å². The molecule has 2 N–H and O–H groups in total. The van der Waals surface area contributed by atoms with Crippen molar-refractivity contribution in [3.05, 3.63) is 47.5 Å². The molecule has 2 atom stereocenters. The molecule has 0 unspecified atom stereocenters. The third kappa shape index (κ3) is 5.36. The molecule has 3 aromatic rings. The minimum absolute atomic E-state index is 0.0188. The normalized spacial score (nSPS) is 20.4. The van der Waals surface area contributed by atoms with E-state index in [1.54, 1.807) is 24.3 Å². The Morgan fingerprint density at radius 3 is 2.86 bits per heavy atom. The highest BCUT2D eigenvalue weighted by Crippen LogP contribution is 2.29. The highest BCUT2D eigenvalue weighted by atomic mass is 32.2. The molecular weight excluding hydrogens is 497 g/mol. The zero-order chi connectivity index (χ0) is 26.1. The Morgan fingerprint density at radius 1 is 1.22 bits per heavy atom. The maximum atomic E-state index is 14.7. The number of carbonyl (C=O) groups excluding carboxylic acids is 2. The third-order valence-corrected chi connectivity index (χ3v) is 7.71. The fourth-order valence-corrected chi connectivity index (χ4v) is 5.38. The van der Waals surface area contributed by atoms with Gasteiger partial charge in [-0.25, -0.2) is 19.4 Å². The van der Waals surface area contributed by atoms with Gasteiger partial charge in [0.15, 0.2) is 0 Å². The number of rotatable bonds is 6. The first-order valence-corrected chi connectivity index (χ1v) is 13.0. The Bertz CT molecular complexity index is 1360. The molecule has 37 heavy (non-hydrogen) atoms. The van der Waals surface area contributed by atoms with E-state index in [2.05, 4.69) is 37.5 Å². The zero-order valence-corrected chi connectivity index (χ0v) is 21.6. The summed E-state index contributed by atoms with van der Waals surface area (Å²) in [5.41, 5.74) is 4.86. The number of ether oxygens (including phenoxy) is 1. The molecule has 1 saturated heterocycles. The van der Waals surface area contributed by atoms with Crippen molar-refractivity contribution in [2.45, 2.75) is 37.2 Å². The Balaban J connectivity index is 1.23. The van der Waals surface area contributed by atoms with Gasteiger partial charge in [-0.3, -0.25) is 24.9 Å². The second-order valence-corrected chi connectivity index (χ2v) is 10.2. The van der Waals surface area contributed by atoms with Crippen LogP contribution in [0.5, 0.6) is 5.88 Å². The number of thioether (sulfide) groups is 1. The van der Waals surface area contributed by atoms with Crippen molar-refractivity contribution in [2.24, 2.45) is 0 Å². The second-order valence-electron chi connectivity index (χ2n) is 9.22. The summed E-state index contributed by atoms with van der Waals surface area (Å²) in [5.74, 6) is 0.340. The Hall–Kier alpha value is -3.35. The number of amides is 2. The van der Waals surface area contributed by atoms with Crippen molar-refractivity contribution < 1.29 is 18.7 Å². The summed E-state index contributed by atoms with van der Waals surface area (Å²) in [5, 5.41) is 4.63. The Labute approximate surface area is 218 Å². The molecule has 0 aromatic carbocycles. The number of aromatic nitrogens is 3. The Kier molecular flexibility index (Phi) is 7.22. The number of fused-ring (bicyclic) bond motifs is 2. The summed E-state index contributed by atoms with van der Waals surface area (Å²) in [4.78, 5) is 40.6. The topological polar surface area (TPSA) is 113 Å². The molecule has 12 heteroatoms. The van der Waals surface area contributed by atoms with E-state index < -0.39 is 0 Å². The van der Waals surface area contributed by atoms with Crippen molar-refractivity contribution in [1.82, 2.24) is 30.3 Å². The average molecular weight is 526 g/mol. The van der Waals surface area contributed by atoms with Crippen LogP contribution in [0.15, 0.2) is 35.4 Å². The number of hydrogen-bond acceptors (Lipinski definition) is 9. The lowest BCUT2D eigenvalue weighted by Gasteiger charge is -2.44. The highest BCUT2D eigenvalue weighted by Gasteiger charge is 2.31. The molecule has 2 amide bonds. The van der Waals surface area contributed by atoms with Crippen LogP contribution < -0.4 is 15.5 Å². The van der Waals surface area contributed by atoms with Gasteiger partial charge < -0.3 is 10.1 Å². The van der Waals surface area contributed by atoms with Gasteiger partial charge in [-0.1, -0.05) is 0 Å². The molecule has 0 saturated carbocycles. The minimum Gasteiger partial charge on any atom is -0.481 e. The van der Waals surface area contributed by atoms with Gasteiger partial charge in [0.25, 0.3) is 5.91 Å². The number of nitrogens with zero attached hydrogens (tertiary/aromatic N) is 5. The molecule has 0 spiro atoms. The molecule has 0 aliphatic carbocycles. The summed E-state index contributed by atoms with van der Waals surface area (Å²) in [7, 11) is 1.53. The molecule has 3 aromatic heterocycles. The number of anilines is 1. The average Bonchev–Trinajstić information content (AvgIpc) is 2.89. The van der Waals surface area contributed by atoms with E-state index >= 15 is 0 Å². The quantitative estimate of drug-likeness (QED) is 0.501. The molecule has 5 heterocycles. The maximum absolute atomic E-state index is 14.7. The summed E-state index contributed by atoms with van der Waals surface area (Å²) in [6, 6.07) is 7.09. The predicted molar refractivity (Wildman–Crippen MR) is 138 cm³/mol. The molecule has 5 rings (SSSR count). The van der Waals surface area contributed by atoms with Crippen LogP contribution in [0.25, 0.3) is 11.0 Å². The molecule has 2 aliphatic heterocycles. The molecule has 194 valence electrons. The monoisotopic (exact) mass is 525 g/mol. The van der Waals surface area contributed by atoms with E-state index in [1.807, 2.05) is 11.9 Å². The molecule has 0 radical (unpaired) electrons. The number of pyridine rings is 3. The van der Waals surface area contributed by atoms with E-state index in [4.69, 9.17) is 4.74 Å². The maximum Gasteiger partial charge on any atom is 0.284 e. The van der Waals surface area contributed by atoms with Crippen molar-refractivity contribution in [3.8, 4) is 5.88 Å². The first kappa shape index (κ1) is 25.3. The van der Waals surface area contributed by atoms with Gasteiger partial charge in [0.05, 0.1) is 35.0 Å². The van der Waals surface area contributed by atoms with Crippen LogP contribution in [0.3, 0.4) is 0 Å². The standard InChI is InChI=1S/C25H28FN7O3S/c1-14-12-33(31-25(35)19-4-6-20-24(28-19)29-21(34)13-37-20)15(2)11-32(14)9-8-16-17(26)10-27-18-5-7-22(36-3)30-23(16)18/h4-7,10,14-15H,8-9,11-13H2,1-3H3,(H,31,35)(H,28,29,34)/t14-,15+/m0/s1. The predicted octanol–water partition coefficient (Wildman–Crippen LogP) is 2.50. The third-order valence-electron chi connectivity index (χ3n) is 6.67. The Morgan fingerprint density at radius 2 is 2.05 bits per heavy atom. The van der Waals surface area contributed by atoms with Gasteiger partial charge in [0.2, 0.25) is 11.8 Å². The van der Waals surface area contributed by atoms with E-state index in [0.717, 1.165) is 4.90 Å². The summed E-state index contributed by atoms with van der Waals surface area (Å²) >= 11 is 1.40. The molecule has 1 fully saturated rings. The number of carbonyl (C=O) groups is 2. The second kappa shape index (κ2) is 10.6. The number of hydrazine groups is 1.